The zero-order valence-corrected chi connectivity index (χ0v) is 12.1. The second kappa shape index (κ2) is 4.92. The molecule has 0 N–H and O–H groups in total. The van der Waals surface area contributed by atoms with Crippen molar-refractivity contribution in [2.75, 3.05) is 0 Å². The first-order valence-corrected chi connectivity index (χ1v) is 6.76. The maximum atomic E-state index is 12.5. The summed E-state index contributed by atoms with van der Waals surface area (Å²) < 4.78 is 3.09. The van der Waals surface area contributed by atoms with Crippen LogP contribution >= 0.6 is 23.2 Å². The largest absolute Gasteiger partial charge is 0.315 e. The molecule has 0 atom stereocenters. The maximum Gasteiger partial charge on any atom is 0.287 e. The smallest absolute Gasteiger partial charge is 0.287 e. The average molecular weight is 309 g/mol. The van der Waals surface area contributed by atoms with Crippen molar-refractivity contribution in [3.8, 4) is 5.69 Å². The van der Waals surface area contributed by atoms with Crippen molar-refractivity contribution in [2.45, 2.75) is 13.5 Å². The second-order valence-electron chi connectivity index (χ2n) is 4.20. The molecule has 5 nitrogen and oxygen atoms in total. The SMILES string of the molecule is CCn1cnc2c(=O)n(-c3ccc(Cl)cc3)c(Cl)nc21. The number of hydrogen-bond acceptors (Lipinski definition) is 3. The van der Waals surface area contributed by atoms with Gasteiger partial charge in [0.25, 0.3) is 5.56 Å². The van der Waals surface area contributed by atoms with E-state index in [1.54, 1.807) is 35.2 Å². The van der Waals surface area contributed by atoms with Gasteiger partial charge in [-0.1, -0.05) is 11.6 Å². The highest BCUT2D eigenvalue weighted by atomic mass is 35.5. The van der Waals surface area contributed by atoms with Crippen molar-refractivity contribution in [2.24, 2.45) is 0 Å². The number of aromatic nitrogens is 4. The Kier molecular flexibility index (Phi) is 3.23. The molecule has 1 aromatic carbocycles. The molecular formula is C13H10Cl2N4O. The van der Waals surface area contributed by atoms with Crippen LogP contribution in [0.15, 0.2) is 35.4 Å². The zero-order valence-electron chi connectivity index (χ0n) is 10.5. The Bertz CT molecular complexity index is 836. The van der Waals surface area contributed by atoms with Crippen molar-refractivity contribution < 1.29 is 0 Å². The van der Waals surface area contributed by atoms with Crippen LogP contribution in [0.3, 0.4) is 0 Å². The van der Waals surface area contributed by atoms with Crippen LogP contribution in [0.2, 0.25) is 10.3 Å². The standard InChI is InChI=1S/C13H10Cl2N4O/c1-2-18-7-16-10-11(18)17-13(15)19(12(10)20)9-5-3-8(14)4-6-9/h3-7H,2H2,1H3. The topological polar surface area (TPSA) is 52.7 Å². The number of rotatable bonds is 2. The molecule has 0 bridgehead atoms. The third-order valence-electron chi connectivity index (χ3n) is 3.02. The Morgan fingerprint density at radius 2 is 1.90 bits per heavy atom. The summed E-state index contributed by atoms with van der Waals surface area (Å²) in [6.07, 6.45) is 1.58. The molecule has 0 fully saturated rings. The van der Waals surface area contributed by atoms with Crippen molar-refractivity contribution in [3.63, 3.8) is 0 Å². The van der Waals surface area contributed by atoms with E-state index in [4.69, 9.17) is 23.2 Å². The van der Waals surface area contributed by atoms with Gasteiger partial charge in [0, 0.05) is 11.6 Å². The molecule has 2 aromatic heterocycles. The molecule has 0 aliphatic heterocycles. The van der Waals surface area contributed by atoms with Gasteiger partial charge in [-0.15, -0.1) is 0 Å². The van der Waals surface area contributed by atoms with Gasteiger partial charge in [0.1, 0.15) is 0 Å². The molecular weight excluding hydrogens is 299 g/mol. The van der Waals surface area contributed by atoms with Gasteiger partial charge in [-0.3, -0.25) is 4.79 Å². The van der Waals surface area contributed by atoms with Crippen LogP contribution in [0.4, 0.5) is 0 Å². The Morgan fingerprint density at radius 3 is 2.55 bits per heavy atom. The molecule has 3 aromatic rings. The van der Waals surface area contributed by atoms with Crippen molar-refractivity contribution in [1.29, 1.82) is 0 Å². The molecule has 102 valence electrons. The van der Waals surface area contributed by atoms with Crippen molar-refractivity contribution in [1.82, 2.24) is 19.1 Å². The van der Waals surface area contributed by atoms with Gasteiger partial charge in [-0.2, -0.15) is 4.98 Å². The fourth-order valence-electron chi connectivity index (χ4n) is 2.02. The van der Waals surface area contributed by atoms with Gasteiger partial charge in [-0.05, 0) is 42.8 Å². The Morgan fingerprint density at radius 1 is 1.20 bits per heavy atom. The lowest BCUT2D eigenvalue weighted by atomic mass is 10.3. The van der Waals surface area contributed by atoms with E-state index in [2.05, 4.69) is 9.97 Å². The molecule has 0 saturated heterocycles. The fraction of sp³-hybridized carbons (Fsp3) is 0.154. The summed E-state index contributed by atoms with van der Waals surface area (Å²) in [6, 6.07) is 6.79. The summed E-state index contributed by atoms with van der Waals surface area (Å²) in [7, 11) is 0. The van der Waals surface area contributed by atoms with E-state index in [1.165, 1.54) is 4.57 Å². The first-order valence-electron chi connectivity index (χ1n) is 6.01. The molecule has 0 aliphatic rings. The third kappa shape index (κ3) is 1.99. The third-order valence-corrected chi connectivity index (χ3v) is 3.53. The number of aryl methyl sites for hydroxylation is 1. The van der Waals surface area contributed by atoms with Gasteiger partial charge in [0.05, 0.1) is 12.0 Å². The highest BCUT2D eigenvalue weighted by molar-refractivity contribution is 6.30. The van der Waals surface area contributed by atoms with Gasteiger partial charge in [-0.25, -0.2) is 9.55 Å². The van der Waals surface area contributed by atoms with E-state index in [0.717, 1.165) is 0 Å². The van der Waals surface area contributed by atoms with Gasteiger partial charge >= 0.3 is 0 Å². The predicted octanol–water partition coefficient (Wildman–Crippen LogP) is 2.91. The van der Waals surface area contributed by atoms with Crippen LogP contribution in [0.5, 0.6) is 0 Å². The number of fused-ring (bicyclic) bond motifs is 1. The molecule has 7 heteroatoms. The molecule has 0 radical (unpaired) electrons. The first-order chi connectivity index (χ1) is 9.61. The minimum atomic E-state index is -0.297. The summed E-state index contributed by atoms with van der Waals surface area (Å²) >= 11 is 12.0. The van der Waals surface area contributed by atoms with Crippen molar-refractivity contribution in [3.05, 3.63) is 51.3 Å². The second-order valence-corrected chi connectivity index (χ2v) is 4.98. The zero-order chi connectivity index (χ0) is 14.3. The van der Waals surface area contributed by atoms with Crippen LogP contribution in [0.1, 0.15) is 6.92 Å². The normalized spacial score (nSPS) is 11.2. The Hall–Kier alpha value is -1.85. The lowest BCUT2D eigenvalue weighted by molar-refractivity contribution is 0.775. The number of imidazole rings is 1. The number of benzene rings is 1. The van der Waals surface area contributed by atoms with E-state index in [1.807, 2.05) is 6.92 Å². The number of hydrogen-bond donors (Lipinski definition) is 0. The monoisotopic (exact) mass is 308 g/mol. The maximum absolute atomic E-state index is 12.5. The molecule has 0 unspecified atom stereocenters. The van der Waals surface area contributed by atoms with Crippen molar-refractivity contribution >= 4 is 34.4 Å². The van der Waals surface area contributed by atoms with Crippen LogP contribution < -0.4 is 5.56 Å². The van der Waals surface area contributed by atoms with Crippen LogP contribution in [0.25, 0.3) is 16.9 Å². The molecule has 2 heterocycles. The average Bonchev–Trinajstić information content (AvgIpc) is 2.84. The Labute approximate surface area is 124 Å². The highest BCUT2D eigenvalue weighted by Crippen LogP contribution is 2.17. The van der Waals surface area contributed by atoms with E-state index in [9.17, 15) is 4.79 Å². The Balaban J connectivity index is 2.32. The first kappa shape index (κ1) is 13.1. The summed E-state index contributed by atoms with van der Waals surface area (Å²) in [4.78, 5) is 20.9. The van der Waals surface area contributed by atoms with Crippen LogP contribution in [-0.4, -0.2) is 19.1 Å². The molecule has 20 heavy (non-hydrogen) atoms. The van der Waals surface area contributed by atoms with Crippen LogP contribution in [-0.2, 0) is 6.54 Å². The minimum Gasteiger partial charge on any atom is -0.315 e. The van der Waals surface area contributed by atoms with E-state index >= 15 is 0 Å². The van der Waals surface area contributed by atoms with Gasteiger partial charge in [0.15, 0.2) is 11.2 Å². The van der Waals surface area contributed by atoms with Gasteiger partial charge < -0.3 is 4.57 Å². The molecule has 3 rings (SSSR count). The molecule has 0 amide bonds. The number of halogens is 2. The summed E-state index contributed by atoms with van der Waals surface area (Å²) in [5.74, 6) is 0. The molecule has 0 aliphatic carbocycles. The van der Waals surface area contributed by atoms with Gasteiger partial charge in [0.2, 0.25) is 5.28 Å². The molecule has 0 spiro atoms. The molecule has 0 saturated carbocycles. The lowest BCUT2D eigenvalue weighted by Crippen LogP contribution is -2.21. The van der Waals surface area contributed by atoms with Crippen LogP contribution in [0, 0.1) is 0 Å². The number of nitrogens with zero attached hydrogens (tertiary/aromatic N) is 4. The van der Waals surface area contributed by atoms with E-state index in [-0.39, 0.29) is 10.8 Å². The summed E-state index contributed by atoms with van der Waals surface area (Å²) in [5.41, 5.74) is 1.10. The fourth-order valence-corrected chi connectivity index (χ4v) is 2.40. The lowest BCUT2D eigenvalue weighted by Gasteiger charge is -2.08. The summed E-state index contributed by atoms with van der Waals surface area (Å²) in [6.45, 7) is 2.62. The quantitative estimate of drug-likeness (QED) is 0.684. The highest BCUT2D eigenvalue weighted by Gasteiger charge is 2.14. The summed E-state index contributed by atoms with van der Waals surface area (Å²) in [5, 5.41) is 0.683. The van der Waals surface area contributed by atoms with E-state index in [0.29, 0.717) is 28.4 Å². The van der Waals surface area contributed by atoms with E-state index < -0.39 is 0 Å². The predicted molar refractivity (Wildman–Crippen MR) is 78.8 cm³/mol. The minimum absolute atomic E-state index is 0.0972.